The topological polar surface area (TPSA) is 79.0 Å². The molecule has 1 N–H and O–H groups in total. The van der Waals surface area contributed by atoms with Gasteiger partial charge in [-0.3, -0.25) is 9.59 Å². The van der Waals surface area contributed by atoms with Gasteiger partial charge in [0.1, 0.15) is 0 Å². The van der Waals surface area contributed by atoms with Crippen molar-refractivity contribution in [2.45, 2.75) is 0 Å². The van der Waals surface area contributed by atoms with E-state index in [9.17, 15) is 14.4 Å². The molecular formula is C15H19N3O4. The number of ether oxygens (including phenoxy) is 1. The highest BCUT2D eigenvalue weighted by Crippen LogP contribution is 2.11. The second-order valence-electron chi connectivity index (χ2n) is 4.95. The number of hydrogen-bond donors (Lipinski definition) is 1. The lowest BCUT2D eigenvalue weighted by Gasteiger charge is -2.32. The van der Waals surface area contributed by atoms with Gasteiger partial charge in [0.25, 0.3) is 0 Å². The summed E-state index contributed by atoms with van der Waals surface area (Å²) in [5, 5.41) is 3.00. The molecule has 1 aliphatic rings. The summed E-state index contributed by atoms with van der Waals surface area (Å²) in [5.74, 6) is -0.450. The van der Waals surface area contributed by atoms with E-state index in [-0.39, 0.29) is 12.5 Å². The third kappa shape index (κ3) is 3.97. The Labute approximate surface area is 128 Å². The summed E-state index contributed by atoms with van der Waals surface area (Å²) in [6.07, 6.45) is 0.804. The predicted octanol–water partition coefficient (Wildman–Crippen LogP) is 0.186. The van der Waals surface area contributed by atoms with E-state index in [0.29, 0.717) is 37.4 Å². The zero-order chi connectivity index (χ0) is 15.9. The first kappa shape index (κ1) is 15.8. The van der Waals surface area contributed by atoms with Crippen LogP contribution in [0.1, 0.15) is 10.4 Å². The third-order valence-corrected chi connectivity index (χ3v) is 3.54. The molecule has 0 saturated carbocycles. The van der Waals surface area contributed by atoms with E-state index < -0.39 is 5.97 Å². The number of esters is 1. The van der Waals surface area contributed by atoms with E-state index in [1.165, 1.54) is 7.11 Å². The lowest BCUT2D eigenvalue weighted by atomic mass is 10.2. The quantitative estimate of drug-likeness (QED) is 0.620. The van der Waals surface area contributed by atoms with Gasteiger partial charge >= 0.3 is 5.97 Å². The molecule has 22 heavy (non-hydrogen) atoms. The van der Waals surface area contributed by atoms with Gasteiger partial charge < -0.3 is 19.9 Å². The fourth-order valence-corrected chi connectivity index (χ4v) is 2.24. The number of hydrogen-bond acceptors (Lipinski definition) is 5. The van der Waals surface area contributed by atoms with Gasteiger partial charge in [-0.2, -0.15) is 0 Å². The van der Waals surface area contributed by atoms with E-state index in [4.69, 9.17) is 0 Å². The van der Waals surface area contributed by atoms with E-state index in [1.807, 2.05) is 0 Å². The van der Waals surface area contributed by atoms with Crippen LogP contribution >= 0.6 is 0 Å². The van der Waals surface area contributed by atoms with E-state index in [2.05, 4.69) is 10.1 Å². The molecule has 0 atom stereocenters. The maximum atomic E-state index is 12.1. The summed E-state index contributed by atoms with van der Waals surface area (Å²) < 4.78 is 4.66. The summed E-state index contributed by atoms with van der Waals surface area (Å²) in [5.41, 5.74) is 1.11. The summed E-state index contributed by atoms with van der Waals surface area (Å²) in [6.45, 7) is 2.36. The van der Waals surface area contributed by atoms with Gasteiger partial charge in [-0.05, 0) is 18.2 Å². The van der Waals surface area contributed by atoms with Crippen LogP contribution in [0.4, 0.5) is 5.69 Å². The van der Waals surface area contributed by atoms with Crippen LogP contribution < -0.4 is 5.32 Å². The maximum Gasteiger partial charge on any atom is 0.337 e. The first-order valence-electron chi connectivity index (χ1n) is 7.03. The van der Waals surface area contributed by atoms with Crippen molar-refractivity contribution in [1.82, 2.24) is 9.80 Å². The van der Waals surface area contributed by atoms with Crippen molar-refractivity contribution in [3.8, 4) is 0 Å². The number of nitrogens with zero attached hydrogens (tertiary/aromatic N) is 2. The monoisotopic (exact) mass is 305 g/mol. The van der Waals surface area contributed by atoms with Crippen molar-refractivity contribution in [3.63, 3.8) is 0 Å². The van der Waals surface area contributed by atoms with E-state index in [1.54, 1.807) is 34.1 Å². The average Bonchev–Trinajstić information content (AvgIpc) is 2.59. The highest BCUT2D eigenvalue weighted by Gasteiger charge is 2.19. The van der Waals surface area contributed by atoms with Crippen LogP contribution in [-0.2, 0) is 14.3 Å². The lowest BCUT2D eigenvalue weighted by Crippen LogP contribution is -2.49. The molecule has 1 aromatic carbocycles. The Bertz CT molecular complexity index is 553. The van der Waals surface area contributed by atoms with Gasteiger partial charge in [0.05, 0.1) is 19.2 Å². The van der Waals surface area contributed by atoms with Gasteiger partial charge in [-0.1, -0.05) is 6.07 Å². The molecule has 118 valence electrons. The van der Waals surface area contributed by atoms with Crippen molar-refractivity contribution in [3.05, 3.63) is 29.8 Å². The van der Waals surface area contributed by atoms with Crippen LogP contribution in [0.25, 0.3) is 0 Å². The Hall–Kier alpha value is -2.57. The molecule has 0 unspecified atom stereocenters. The Morgan fingerprint density at radius 3 is 2.64 bits per heavy atom. The minimum absolute atomic E-state index is 0.0333. The molecule has 2 rings (SSSR count). The minimum Gasteiger partial charge on any atom is -0.465 e. The minimum atomic E-state index is -0.417. The molecule has 2 amide bonds. The van der Waals surface area contributed by atoms with Crippen molar-refractivity contribution in [1.29, 1.82) is 0 Å². The number of carbonyl (C=O) groups is 3. The van der Waals surface area contributed by atoms with Crippen LogP contribution in [0.2, 0.25) is 0 Å². The first-order chi connectivity index (χ1) is 10.6. The molecule has 1 heterocycles. The standard InChI is InChI=1S/C15H19N3O4/c1-22-15(21)12-3-2-4-13(9-12)16-10-14(20)18-7-5-17(11-19)6-8-18/h2-4,9,11,16H,5-8,10H2,1H3. The molecule has 7 heteroatoms. The summed E-state index contributed by atoms with van der Waals surface area (Å²) in [6, 6.07) is 6.80. The normalized spacial score (nSPS) is 14.4. The number of amides is 2. The highest BCUT2D eigenvalue weighted by molar-refractivity contribution is 5.90. The lowest BCUT2D eigenvalue weighted by molar-refractivity contribution is -0.133. The number of benzene rings is 1. The number of methoxy groups -OCH3 is 1. The fraction of sp³-hybridized carbons (Fsp3) is 0.400. The van der Waals surface area contributed by atoms with Crippen LogP contribution in [0, 0.1) is 0 Å². The number of nitrogens with one attached hydrogen (secondary N) is 1. The molecule has 1 aromatic rings. The second kappa shape index (κ2) is 7.44. The third-order valence-electron chi connectivity index (χ3n) is 3.54. The number of anilines is 1. The Balaban J connectivity index is 1.86. The van der Waals surface area contributed by atoms with Gasteiger partial charge in [0.15, 0.2) is 0 Å². The van der Waals surface area contributed by atoms with Crippen molar-refractivity contribution >= 4 is 24.0 Å². The van der Waals surface area contributed by atoms with Crippen molar-refractivity contribution < 1.29 is 19.1 Å². The summed E-state index contributed by atoms with van der Waals surface area (Å²) >= 11 is 0. The second-order valence-corrected chi connectivity index (χ2v) is 4.95. The molecule has 7 nitrogen and oxygen atoms in total. The SMILES string of the molecule is COC(=O)c1cccc(NCC(=O)N2CCN(C=O)CC2)c1. The zero-order valence-electron chi connectivity index (χ0n) is 12.4. The van der Waals surface area contributed by atoms with Crippen molar-refractivity contribution in [2.75, 3.05) is 45.2 Å². The molecular weight excluding hydrogens is 286 g/mol. The Morgan fingerprint density at radius 2 is 2.00 bits per heavy atom. The van der Waals surface area contributed by atoms with Gasteiger partial charge in [0.2, 0.25) is 12.3 Å². The molecule has 0 spiro atoms. The Morgan fingerprint density at radius 1 is 1.27 bits per heavy atom. The van der Waals surface area contributed by atoms with Crippen LogP contribution in [0.5, 0.6) is 0 Å². The molecule has 1 saturated heterocycles. The molecule has 0 aromatic heterocycles. The van der Waals surface area contributed by atoms with Gasteiger partial charge in [0, 0.05) is 31.9 Å². The molecule has 0 bridgehead atoms. The number of rotatable bonds is 5. The fourth-order valence-electron chi connectivity index (χ4n) is 2.24. The van der Waals surface area contributed by atoms with Crippen molar-refractivity contribution in [2.24, 2.45) is 0 Å². The number of piperazine rings is 1. The van der Waals surface area contributed by atoms with Gasteiger partial charge in [-0.25, -0.2) is 4.79 Å². The molecule has 1 fully saturated rings. The highest BCUT2D eigenvalue weighted by atomic mass is 16.5. The zero-order valence-corrected chi connectivity index (χ0v) is 12.4. The first-order valence-corrected chi connectivity index (χ1v) is 7.03. The van der Waals surface area contributed by atoms with Crippen LogP contribution in [-0.4, -0.2) is 67.9 Å². The maximum absolute atomic E-state index is 12.1. The van der Waals surface area contributed by atoms with Gasteiger partial charge in [-0.15, -0.1) is 0 Å². The van der Waals surface area contributed by atoms with Crippen LogP contribution in [0.15, 0.2) is 24.3 Å². The molecule has 0 radical (unpaired) electrons. The van der Waals surface area contributed by atoms with E-state index >= 15 is 0 Å². The predicted molar refractivity (Wildman–Crippen MR) is 80.5 cm³/mol. The summed E-state index contributed by atoms with van der Waals surface area (Å²) in [4.78, 5) is 37.6. The smallest absolute Gasteiger partial charge is 0.337 e. The van der Waals surface area contributed by atoms with E-state index in [0.717, 1.165) is 6.41 Å². The largest absolute Gasteiger partial charge is 0.465 e. The Kier molecular flexibility index (Phi) is 5.35. The summed E-state index contributed by atoms with van der Waals surface area (Å²) in [7, 11) is 1.32. The number of carbonyl (C=O) groups excluding carboxylic acids is 3. The molecule has 1 aliphatic heterocycles. The molecule has 0 aliphatic carbocycles. The van der Waals surface area contributed by atoms with Crippen LogP contribution in [0.3, 0.4) is 0 Å². The average molecular weight is 305 g/mol.